The Kier molecular flexibility index (Phi) is 6.26. The predicted octanol–water partition coefficient (Wildman–Crippen LogP) is 3.57. The fourth-order valence-electron chi connectivity index (χ4n) is 2.23. The molecule has 2 aromatic carbocycles. The fraction of sp³-hybridized carbons (Fsp3) is 0.263. The van der Waals surface area contributed by atoms with Gasteiger partial charge in [-0.25, -0.2) is 4.39 Å². The molecule has 0 spiro atoms. The highest BCUT2D eigenvalue weighted by molar-refractivity contribution is 5.97. The van der Waals surface area contributed by atoms with Crippen molar-refractivity contribution in [1.82, 2.24) is 0 Å². The van der Waals surface area contributed by atoms with Gasteiger partial charge in [-0.2, -0.15) is 18.4 Å². The zero-order valence-corrected chi connectivity index (χ0v) is 14.7. The Bertz CT molecular complexity index is 888. The summed E-state index contributed by atoms with van der Waals surface area (Å²) < 4.78 is 56.1. The first-order chi connectivity index (χ1) is 13.0. The zero-order valence-electron chi connectivity index (χ0n) is 14.7. The second-order valence-corrected chi connectivity index (χ2v) is 6.25. The summed E-state index contributed by atoms with van der Waals surface area (Å²) in [6, 6.07) is 10.0. The third kappa shape index (κ3) is 5.96. The number of carbonyl (C=O) groups excluding carboxylic acids is 1. The van der Waals surface area contributed by atoms with E-state index in [2.05, 4.69) is 5.32 Å². The molecule has 0 radical (unpaired) electrons. The van der Waals surface area contributed by atoms with Crippen molar-refractivity contribution in [3.05, 3.63) is 59.4 Å². The first-order valence-electron chi connectivity index (χ1n) is 8.02. The molecular weight excluding hydrogens is 380 g/mol. The molecule has 0 aliphatic carbocycles. The molecule has 9 heteroatoms. The van der Waals surface area contributed by atoms with Crippen LogP contribution in [0, 0.1) is 17.1 Å². The van der Waals surface area contributed by atoms with Gasteiger partial charge in [0.15, 0.2) is 5.60 Å². The van der Waals surface area contributed by atoms with Crippen molar-refractivity contribution in [2.75, 3.05) is 11.9 Å². The SMILES string of the molecule is C[C@](O)(COc1ccc(F)cc1)C(=O)Nc1ccc(C#N)c(CC(F)(F)F)c1. The van der Waals surface area contributed by atoms with Gasteiger partial charge in [-0.15, -0.1) is 0 Å². The van der Waals surface area contributed by atoms with Crippen LogP contribution in [-0.2, 0) is 11.2 Å². The summed E-state index contributed by atoms with van der Waals surface area (Å²) in [6.45, 7) is 0.683. The molecule has 0 aromatic heterocycles. The van der Waals surface area contributed by atoms with Crippen molar-refractivity contribution in [3.8, 4) is 11.8 Å². The summed E-state index contributed by atoms with van der Waals surface area (Å²) in [5.74, 6) is -1.18. The number of aliphatic hydroxyl groups is 1. The topological polar surface area (TPSA) is 82.3 Å². The Morgan fingerprint density at radius 3 is 2.43 bits per heavy atom. The lowest BCUT2D eigenvalue weighted by Crippen LogP contribution is -2.45. The Morgan fingerprint density at radius 2 is 1.86 bits per heavy atom. The molecule has 0 fully saturated rings. The lowest BCUT2D eigenvalue weighted by atomic mass is 10.0. The number of alkyl halides is 3. The minimum absolute atomic E-state index is 0.00897. The van der Waals surface area contributed by atoms with Gasteiger partial charge in [-0.05, 0) is 55.0 Å². The van der Waals surface area contributed by atoms with E-state index in [0.29, 0.717) is 0 Å². The predicted molar refractivity (Wildman–Crippen MR) is 92.1 cm³/mol. The van der Waals surface area contributed by atoms with Crippen molar-refractivity contribution >= 4 is 11.6 Å². The largest absolute Gasteiger partial charge is 0.490 e. The van der Waals surface area contributed by atoms with Crippen LogP contribution in [0.2, 0.25) is 0 Å². The standard InChI is InChI=1S/C19H16F4N2O3/c1-18(27,11-28-16-6-3-14(20)4-7-16)17(26)25-15-5-2-12(10-24)13(8-15)9-19(21,22)23/h2-8,27H,9,11H2,1H3,(H,25,26)/t18-/m0/s1. The normalized spacial score (nSPS) is 13.3. The van der Waals surface area contributed by atoms with Crippen molar-refractivity contribution < 1.29 is 32.2 Å². The quantitative estimate of drug-likeness (QED) is 0.732. The minimum atomic E-state index is -4.53. The Labute approximate surface area is 158 Å². The molecule has 0 heterocycles. The van der Waals surface area contributed by atoms with Gasteiger partial charge in [0.2, 0.25) is 0 Å². The summed E-state index contributed by atoms with van der Waals surface area (Å²) in [4.78, 5) is 12.3. The van der Waals surface area contributed by atoms with Crippen LogP contribution in [0.5, 0.6) is 5.75 Å². The number of hydrogen-bond acceptors (Lipinski definition) is 4. The average molecular weight is 396 g/mol. The number of rotatable bonds is 6. The second-order valence-electron chi connectivity index (χ2n) is 6.25. The van der Waals surface area contributed by atoms with E-state index in [4.69, 9.17) is 10.00 Å². The van der Waals surface area contributed by atoms with Crippen molar-refractivity contribution in [2.24, 2.45) is 0 Å². The molecule has 1 atom stereocenters. The maximum Gasteiger partial charge on any atom is 0.393 e. The van der Waals surface area contributed by atoms with Crippen LogP contribution in [0.1, 0.15) is 18.1 Å². The Balaban J connectivity index is 2.08. The van der Waals surface area contributed by atoms with E-state index in [1.807, 2.05) is 0 Å². The maximum absolute atomic E-state index is 12.9. The molecule has 2 N–H and O–H groups in total. The van der Waals surface area contributed by atoms with Gasteiger partial charge in [-0.1, -0.05) is 0 Å². The Morgan fingerprint density at radius 1 is 1.21 bits per heavy atom. The number of hydrogen-bond donors (Lipinski definition) is 2. The summed E-state index contributed by atoms with van der Waals surface area (Å²) in [7, 11) is 0. The number of amides is 1. The number of halogens is 4. The number of benzene rings is 2. The van der Waals surface area contributed by atoms with E-state index in [0.717, 1.165) is 31.2 Å². The van der Waals surface area contributed by atoms with Gasteiger partial charge >= 0.3 is 6.18 Å². The van der Waals surface area contributed by atoms with E-state index in [1.165, 1.54) is 18.2 Å². The third-order valence-corrected chi connectivity index (χ3v) is 3.70. The first kappa shape index (κ1) is 21.2. The van der Waals surface area contributed by atoms with Gasteiger partial charge in [0.25, 0.3) is 5.91 Å². The van der Waals surface area contributed by atoms with Crippen LogP contribution in [0.4, 0.5) is 23.2 Å². The average Bonchev–Trinajstić information content (AvgIpc) is 2.60. The smallest absolute Gasteiger partial charge is 0.393 e. The lowest BCUT2D eigenvalue weighted by Gasteiger charge is -2.23. The molecule has 0 aliphatic rings. The number of nitrogens with zero attached hydrogens (tertiary/aromatic N) is 1. The lowest BCUT2D eigenvalue weighted by molar-refractivity contribution is -0.135. The van der Waals surface area contributed by atoms with Crippen LogP contribution in [-0.4, -0.2) is 29.4 Å². The minimum Gasteiger partial charge on any atom is -0.490 e. The Hall–Kier alpha value is -3.12. The molecule has 148 valence electrons. The van der Waals surface area contributed by atoms with Gasteiger partial charge in [0.1, 0.15) is 18.2 Å². The van der Waals surface area contributed by atoms with Crippen molar-refractivity contribution in [3.63, 3.8) is 0 Å². The highest BCUT2D eigenvalue weighted by atomic mass is 19.4. The van der Waals surface area contributed by atoms with Gasteiger partial charge in [0, 0.05) is 5.69 Å². The highest BCUT2D eigenvalue weighted by Gasteiger charge is 2.32. The van der Waals surface area contributed by atoms with Gasteiger partial charge in [-0.3, -0.25) is 4.79 Å². The molecular formula is C19H16F4N2O3. The maximum atomic E-state index is 12.9. The zero-order chi connectivity index (χ0) is 20.9. The fourth-order valence-corrected chi connectivity index (χ4v) is 2.23. The number of nitrogens with one attached hydrogen (secondary N) is 1. The van der Waals surface area contributed by atoms with E-state index in [-0.39, 0.29) is 22.6 Å². The molecule has 0 saturated heterocycles. The van der Waals surface area contributed by atoms with E-state index < -0.39 is 36.5 Å². The van der Waals surface area contributed by atoms with Crippen LogP contribution in [0.3, 0.4) is 0 Å². The summed E-state index contributed by atoms with van der Waals surface area (Å²) in [5, 5.41) is 21.5. The molecule has 0 bridgehead atoms. The molecule has 0 saturated carbocycles. The van der Waals surface area contributed by atoms with Crippen LogP contribution >= 0.6 is 0 Å². The van der Waals surface area contributed by atoms with E-state index >= 15 is 0 Å². The number of anilines is 1. The van der Waals surface area contributed by atoms with Crippen LogP contribution in [0.25, 0.3) is 0 Å². The van der Waals surface area contributed by atoms with Crippen molar-refractivity contribution in [2.45, 2.75) is 25.1 Å². The molecule has 1 amide bonds. The first-order valence-corrected chi connectivity index (χ1v) is 8.02. The summed E-state index contributed by atoms with van der Waals surface area (Å²) >= 11 is 0. The molecule has 2 aromatic rings. The number of carbonyl (C=O) groups is 1. The molecule has 0 unspecified atom stereocenters. The number of ether oxygens (including phenoxy) is 1. The van der Waals surface area contributed by atoms with Crippen LogP contribution < -0.4 is 10.1 Å². The third-order valence-electron chi connectivity index (χ3n) is 3.70. The molecule has 5 nitrogen and oxygen atoms in total. The van der Waals surface area contributed by atoms with Crippen molar-refractivity contribution in [1.29, 1.82) is 5.26 Å². The summed E-state index contributed by atoms with van der Waals surface area (Å²) in [5.41, 5.74) is -2.49. The molecule has 2 rings (SSSR count). The van der Waals surface area contributed by atoms with Crippen LogP contribution in [0.15, 0.2) is 42.5 Å². The van der Waals surface area contributed by atoms with Gasteiger partial charge < -0.3 is 15.2 Å². The van der Waals surface area contributed by atoms with E-state index in [9.17, 15) is 27.5 Å². The second kappa shape index (κ2) is 8.27. The molecule has 0 aliphatic heterocycles. The van der Waals surface area contributed by atoms with E-state index in [1.54, 1.807) is 6.07 Å². The molecule has 28 heavy (non-hydrogen) atoms. The summed E-state index contributed by atoms with van der Waals surface area (Å²) in [6.07, 6.45) is -5.85. The highest BCUT2D eigenvalue weighted by Crippen LogP contribution is 2.26. The number of nitriles is 1. The van der Waals surface area contributed by atoms with Gasteiger partial charge in [0.05, 0.1) is 18.1 Å². The monoisotopic (exact) mass is 396 g/mol.